The Bertz CT molecular complexity index is 948. The molecule has 2 aromatic carbocycles. The maximum atomic E-state index is 12.8. The van der Waals surface area contributed by atoms with Crippen LogP contribution in [0.1, 0.15) is 36.0 Å². The molecule has 2 aromatic rings. The van der Waals surface area contributed by atoms with Gasteiger partial charge < -0.3 is 21.1 Å². The van der Waals surface area contributed by atoms with Gasteiger partial charge in [-0.15, -0.1) is 0 Å². The van der Waals surface area contributed by atoms with Gasteiger partial charge in [0.25, 0.3) is 0 Å². The van der Waals surface area contributed by atoms with E-state index in [1.807, 2.05) is 36.4 Å². The number of carboxylic acid groups (broad SMARTS) is 1. The zero-order valence-electron chi connectivity index (χ0n) is 17.2. The van der Waals surface area contributed by atoms with Gasteiger partial charge in [0.1, 0.15) is 6.04 Å². The Morgan fingerprint density at radius 1 is 1.13 bits per heavy atom. The molecule has 0 saturated carbocycles. The molecule has 0 unspecified atom stereocenters. The summed E-state index contributed by atoms with van der Waals surface area (Å²) in [6.45, 7) is 2.28. The number of amides is 2. The first-order chi connectivity index (χ1) is 14.8. The van der Waals surface area contributed by atoms with Crippen molar-refractivity contribution in [1.82, 2.24) is 16.0 Å². The van der Waals surface area contributed by atoms with Gasteiger partial charge in [-0.05, 0) is 42.2 Å². The molecule has 164 valence electrons. The second-order valence-electron chi connectivity index (χ2n) is 7.73. The molecule has 1 aliphatic rings. The number of benzene rings is 2. The molecule has 0 aromatic heterocycles. The lowest BCUT2D eigenvalue weighted by Gasteiger charge is -2.26. The predicted molar refractivity (Wildman–Crippen MR) is 118 cm³/mol. The zero-order valence-corrected chi connectivity index (χ0v) is 18.0. The number of halogens is 1. The van der Waals surface area contributed by atoms with Crippen LogP contribution in [0.2, 0.25) is 5.02 Å². The van der Waals surface area contributed by atoms with E-state index in [0.717, 1.165) is 11.1 Å². The van der Waals surface area contributed by atoms with E-state index in [-0.39, 0.29) is 30.8 Å². The fraction of sp³-hybridized carbons (Fsp3) is 0.348. The highest BCUT2D eigenvalue weighted by atomic mass is 35.5. The minimum Gasteiger partial charge on any atom is -0.480 e. The van der Waals surface area contributed by atoms with Gasteiger partial charge in [-0.1, -0.05) is 48.0 Å². The Morgan fingerprint density at radius 2 is 1.81 bits per heavy atom. The number of carbonyl (C=O) groups is 3. The van der Waals surface area contributed by atoms with Crippen LogP contribution in [0.3, 0.4) is 0 Å². The second-order valence-corrected chi connectivity index (χ2v) is 8.17. The maximum absolute atomic E-state index is 12.8. The molecular formula is C23H26ClN3O4. The molecule has 0 spiro atoms. The Kier molecular flexibility index (Phi) is 7.65. The molecule has 0 saturated heterocycles. The van der Waals surface area contributed by atoms with E-state index < -0.39 is 17.9 Å². The number of rotatable bonds is 8. The molecule has 0 bridgehead atoms. The fourth-order valence-corrected chi connectivity index (χ4v) is 3.74. The molecule has 0 radical (unpaired) electrons. The molecule has 7 nitrogen and oxygen atoms in total. The van der Waals surface area contributed by atoms with Crippen LogP contribution in [0.4, 0.5) is 0 Å². The summed E-state index contributed by atoms with van der Waals surface area (Å²) in [4.78, 5) is 36.2. The maximum Gasteiger partial charge on any atom is 0.325 e. The van der Waals surface area contributed by atoms with Crippen molar-refractivity contribution >= 4 is 29.4 Å². The van der Waals surface area contributed by atoms with E-state index in [4.69, 9.17) is 16.7 Å². The van der Waals surface area contributed by atoms with E-state index in [2.05, 4.69) is 16.0 Å². The molecular weight excluding hydrogens is 418 g/mol. The summed E-state index contributed by atoms with van der Waals surface area (Å²) in [5.74, 6) is -1.95. The van der Waals surface area contributed by atoms with Crippen LogP contribution < -0.4 is 16.0 Å². The lowest BCUT2D eigenvalue weighted by atomic mass is 9.93. The largest absolute Gasteiger partial charge is 0.480 e. The zero-order chi connectivity index (χ0) is 22.4. The molecule has 1 aliphatic heterocycles. The third-order valence-electron chi connectivity index (χ3n) is 5.44. The van der Waals surface area contributed by atoms with E-state index in [1.165, 1.54) is 12.5 Å². The van der Waals surface area contributed by atoms with Gasteiger partial charge in [-0.25, -0.2) is 0 Å². The normalized spacial score (nSPS) is 17.2. The number of fused-ring (bicyclic) bond motifs is 1. The first-order valence-corrected chi connectivity index (χ1v) is 10.6. The lowest BCUT2D eigenvalue weighted by Crippen LogP contribution is -2.48. The van der Waals surface area contributed by atoms with Crippen molar-refractivity contribution in [3.05, 3.63) is 70.2 Å². The lowest BCUT2D eigenvalue weighted by molar-refractivity contribution is -0.141. The molecule has 4 N–H and O–H groups in total. The van der Waals surface area contributed by atoms with Crippen LogP contribution in [0.15, 0.2) is 48.5 Å². The molecule has 31 heavy (non-hydrogen) atoms. The van der Waals surface area contributed by atoms with E-state index in [0.29, 0.717) is 18.0 Å². The van der Waals surface area contributed by atoms with Crippen LogP contribution in [0.5, 0.6) is 0 Å². The Labute approximate surface area is 186 Å². The summed E-state index contributed by atoms with van der Waals surface area (Å²) in [7, 11) is 0. The number of hydrogen-bond acceptors (Lipinski definition) is 4. The van der Waals surface area contributed by atoms with Crippen LogP contribution in [0.25, 0.3) is 0 Å². The first kappa shape index (κ1) is 22.8. The van der Waals surface area contributed by atoms with Gasteiger partial charge in [0.2, 0.25) is 11.8 Å². The average molecular weight is 444 g/mol. The van der Waals surface area contributed by atoms with Gasteiger partial charge in [-0.2, -0.15) is 0 Å². The third kappa shape index (κ3) is 6.29. The minimum absolute atomic E-state index is 0.0421. The van der Waals surface area contributed by atoms with E-state index in [9.17, 15) is 14.4 Å². The number of carbonyl (C=O) groups excluding carboxylic acids is 2. The summed E-state index contributed by atoms with van der Waals surface area (Å²) in [5, 5.41) is 18.2. The van der Waals surface area contributed by atoms with Crippen molar-refractivity contribution in [2.45, 2.75) is 44.3 Å². The Balaban J connectivity index is 1.64. The molecule has 0 aliphatic carbocycles. The highest BCUT2D eigenvalue weighted by Gasteiger charge is 2.25. The van der Waals surface area contributed by atoms with Crippen LogP contribution in [-0.2, 0) is 27.3 Å². The Morgan fingerprint density at radius 3 is 2.48 bits per heavy atom. The fourth-order valence-electron chi connectivity index (χ4n) is 3.62. The van der Waals surface area contributed by atoms with Crippen molar-refractivity contribution in [2.24, 2.45) is 0 Å². The quantitative estimate of drug-likeness (QED) is 0.500. The van der Waals surface area contributed by atoms with Crippen LogP contribution in [-0.4, -0.2) is 41.5 Å². The smallest absolute Gasteiger partial charge is 0.325 e. The predicted octanol–water partition coefficient (Wildman–Crippen LogP) is 2.23. The number of aliphatic carboxylic acids is 1. The summed E-state index contributed by atoms with van der Waals surface area (Å²) < 4.78 is 0. The van der Waals surface area contributed by atoms with Gasteiger partial charge in [0.05, 0.1) is 6.04 Å². The summed E-state index contributed by atoms with van der Waals surface area (Å²) in [6.07, 6.45) is 0.644. The monoisotopic (exact) mass is 443 g/mol. The van der Waals surface area contributed by atoms with Crippen molar-refractivity contribution in [3.8, 4) is 0 Å². The van der Waals surface area contributed by atoms with Crippen molar-refractivity contribution in [3.63, 3.8) is 0 Å². The highest BCUT2D eigenvalue weighted by molar-refractivity contribution is 6.30. The van der Waals surface area contributed by atoms with Crippen molar-refractivity contribution in [2.75, 3.05) is 6.54 Å². The van der Waals surface area contributed by atoms with E-state index >= 15 is 0 Å². The number of nitrogens with one attached hydrogen (secondary N) is 3. The van der Waals surface area contributed by atoms with Crippen LogP contribution in [0, 0.1) is 0 Å². The molecule has 3 rings (SSSR count). The second kappa shape index (κ2) is 10.4. The SMILES string of the molecule is C[C@H](NC(=O)C[C@@H](CNC(=O)[C@@H]1Cc2ccccc2CN1)c1ccc(Cl)cc1)C(=O)O. The van der Waals surface area contributed by atoms with E-state index in [1.54, 1.807) is 12.1 Å². The third-order valence-corrected chi connectivity index (χ3v) is 5.69. The first-order valence-electron chi connectivity index (χ1n) is 10.2. The van der Waals surface area contributed by atoms with Gasteiger partial charge in [-0.3, -0.25) is 14.4 Å². The number of carboxylic acids is 1. The van der Waals surface area contributed by atoms with Crippen LogP contribution >= 0.6 is 11.6 Å². The molecule has 8 heteroatoms. The van der Waals surface area contributed by atoms with Gasteiger partial charge in [0.15, 0.2) is 0 Å². The Hall–Kier alpha value is -2.90. The van der Waals surface area contributed by atoms with Crippen molar-refractivity contribution < 1.29 is 19.5 Å². The summed E-state index contributed by atoms with van der Waals surface area (Å²) in [5.41, 5.74) is 3.18. The minimum atomic E-state index is -1.10. The molecule has 3 atom stereocenters. The standard InChI is InChI=1S/C23H26ClN3O4/c1-14(23(30)31)27-21(28)11-18(15-6-8-19(24)9-7-15)13-26-22(29)20-10-16-4-2-3-5-17(16)12-25-20/h2-9,14,18,20,25H,10-13H2,1H3,(H,26,29)(H,27,28)(H,30,31)/t14-,18-,20-/m0/s1. The van der Waals surface area contributed by atoms with Gasteiger partial charge >= 0.3 is 5.97 Å². The van der Waals surface area contributed by atoms with Crippen molar-refractivity contribution in [1.29, 1.82) is 0 Å². The molecule has 2 amide bonds. The summed E-state index contributed by atoms with van der Waals surface area (Å²) in [6, 6.07) is 13.8. The highest BCUT2D eigenvalue weighted by Crippen LogP contribution is 2.22. The molecule has 0 fully saturated rings. The average Bonchev–Trinajstić information content (AvgIpc) is 2.76. The molecule has 1 heterocycles. The van der Waals surface area contributed by atoms with Gasteiger partial charge in [0, 0.05) is 30.5 Å². The summed E-state index contributed by atoms with van der Waals surface area (Å²) >= 11 is 5.97. The topological polar surface area (TPSA) is 108 Å². The number of hydrogen-bond donors (Lipinski definition) is 4.